The van der Waals surface area contributed by atoms with E-state index < -0.39 is 42.6 Å². The highest BCUT2D eigenvalue weighted by atomic mass is 16.5. The van der Waals surface area contributed by atoms with E-state index in [9.17, 15) is 24.0 Å². The van der Waals surface area contributed by atoms with Crippen LogP contribution in [-0.4, -0.2) is 73.0 Å². The molecule has 1 aliphatic rings. The van der Waals surface area contributed by atoms with E-state index in [1.807, 2.05) is 30.5 Å². The van der Waals surface area contributed by atoms with Crippen LogP contribution in [0.2, 0.25) is 0 Å². The lowest BCUT2D eigenvalue weighted by atomic mass is 10.0. The Kier molecular flexibility index (Phi) is 11.1. The summed E-state index contributed by atoms with van der Waals surface area (Å²) in [6.45, 7) is 3.56. The molecule has 1 aromatic heterocycles. The van der Waals surface area contributed by atoms with Crippen molar-refractivity contribution in [2.45, 2.75) is 57.7 Å². The van der Waals surface area contributed by atoms with Crippen LogP contribution in [0.15, 0.2) is 42.6 Å². The molecule has 0 saturated carbocycles. The Labute approximate surface area is 233 Å². The summed E-state index contributed by atoms with van der Waals surface area (Å²) in [5.41, 5.74) is 1.94. The summed E-state index contributed by atoms with van der Waals surface area (Å²) in [4.78, 5) is 65.5. The van der Waals surface area contributed by atoms with Gasteiger partial charge in [0, 0.05) is 29.7 Å². The maximum Gasteiger partial charge on any atom is 0.328 e. The number of hydrogen-bond donors (Lipinski definition) is 6. The fourth-order valence-corrected chi connectivity index (χ4v) is 4.43. The summed E-state index contributed by atoms with van der Waals surface area (Å²) in [6.07, 6.45) is 6.92. The minimum absolute atomic E-state index is 0.219. The van der Waals surface area contributed by atoms with Gasteiger partial charge in [0.15, 0.2) is 0 Å². The van der Waals surface area contributed by atoms with Gasteiger partial charge in [0.05, 0.1) is 19.7 Å². The average molecular weight is 555 g/mol. The van der Waals surface area contributed by atoms with E-state index in [4.69, 9.17) is 4.74 Å². The van der Waals surface area contributed by atoms with E-state index in [0.717, 1.165) is 16.5 Å². The summed E-state index contributed by atoms with van der Waals surface area (Å²) in [7, 11) is 1.23. The first-order chi connectivity index (χ1) is 19.2. The van der Waals surface area contributed by atoms with Crippen LogP contribution < -0.4 is 26.6 Å². The summed E-state index contributed by atoms with van der Waals surface area (Å²) in [6, 6.07) is 4.88. The predicted octanol–water partition coefficient (Wildman–Crippen LogP) is 1.03. The van der Waals surface area contributed by atoms with E-state index in [0.29, 0.717) is 32.2 Å². The van der Waals surface area contributed by atoms with E-state index >= 15 is 0 Å². The first kappa shape index (κ1) is 30.2. The molecule has 0 bridgehead atoms. The van der Waals surface area contributed by atoms with Crippen molar-refractivity contribution in [2.24, 2.45) is 5.92 Å². The molecule has 12 nitrogen and oxygen atoms in total. The molecule has 12 heteroatoms. The highest BCUT2D eigenvalue weighted by Crippen LogP contribution is 2.19. The van der Waals surface area contributed by atoms with Gasteiger partial charge in [0.1, 0.15) is 12.1 Å². The molecular weight excluding hydrogens is 516 g/mol. The smallest absolute Gasteiger partial charge is 0.328 e. The van der Waals surface area contributed by atoms with Crippen LogP contribution in [0.1, 0.15) is 38.7 Å². The van der Waals surface area contributed by atoms with Crippen molar-refractivity contribution < 1.29 is 28.7 Å². The molecule has 0 saturated heterocycles. The van der Waals surface area contributed by atoms with E-state index in [2.05, 4.69) is 31.6 Å². The lowest BCUT2D eigenvalue weighted by Gasteiger charge is -2.23. The standard InChI is InChI=1S/C28H38N6O6/c1-17(2)25(27(38)40-3)34-28(39)31-16-24(36)33-22-10-6-7-13-29-23(35)12-11-19(32-26(22)37)14-18-15-30-21-9-5-4-8-20(18)21/h4-5,8-9,11-12,15,17,19,22,25,30H,6-7,10,13-14,16H2,1-3H3,(H,29,35)(H,32,37)(H,33,36)(H2,31,34,39)/b12-11-/t19-,22+,25+/m1/s1. The van der Waals surface area contributed by atoms with Crippen molar-refractivity contribution in [3.05, 3.63) is 48.2 Å². The number of benzene rings is 1. The van der Waals surface area contributed by atoms with Gasteiger partial charge in [-0.2, -0.15) is 0 Å². The second kappa shape index (κ2) is 14.7. The number of amides is 5. The molecule has 40 heavy (non-hydrogen) atoms. The van der Waals surface area contributed by atoms with Gasteiger partial charge in [-0.3, -0.25) is 14.4 Å². The van der Waals surface area contributed by atoms with Crippen LogP contribution in [0.4, 0.5) is 4.79 Å². The van der Waals surface area contributed by atoms with Gasteiger partial charge in [-0.05, 0) is 43.2 Å². The number of fused-ring (bicyclic) bond motifs is 1. The number of rotatable bonds is 8. The van der Waals surface area contributed by atoms with Gasteiger partial charge in [0.2, 0.25) is 17.7 Å². The molecule has 3 rings (SSSR count). The normalized spacial score (nSPS) is 19.8. The minimum atomic E-state index is -0.868. The van der Waals surface area contributed by atoms with Crippen molar-refractivity contribution >= 4 is 40.6 Å². The molecule has 6 N–H and O–H groups in total. The number of carbonyl (C=O) groups excluding carboxylic acids is 5. The fourth-order valence-electron chi connectivity index (χ4n) is 4.43. The first-order valence-electron chi connectivity index (χ1n) is 13.4. The number of para-hydroxylation sites is 1. The zero-order valence-electron chi connectivity index (χ0n) is 23.0. The topological polar surface area (TPSA) is 171 Å². The molecule has 5 amide bonds. The molecule has 0 aliphatic carbocycles. The molecule has 2 aromatic rings. The second-order valence-corrected chi connectivity index (χ2v) is 10.0. The van der Waals surface area contributed by atoms with Crippen molar-refractivity contribution in [1.82, 2.24) is 31.6 Å². The van der Waals surface area contributed by atoms with Crippen LogP contribution >= 0.6 is 0 Å². The Balaban J connectivity index is 1.65. The third-order valence-corrected chi connectivity index (χ3v) is 6.61. The number of ether oxygens (including phenoxy) is 1. The largest absolute Gasteiger partial charge is 0.467 e. The average Bonchev–Trinajstić information content (AvgIpc) is 3.34. The number of hydrogen-bond acceptors (Lipinski definition) is 6. The molecule has 2 heterocycles. The van der Waals surface area contributed by atoms with Gasteiger partial charge in [-0.15, -0.1) is 0 Å². The van der Waals surface area contributed by atoms with E-state index in [1.165, 1.54) is 13.2 Å². The molecule has 216 valence electrons. The second-order valence-electron chi connectivity index (χ2n) is 10.0. The number of nitrogens with one attached hydrogen (secondary N) is 6. The number of carbonyl (C=O) groups is 5. The van der Waals surface area contributed by atoms with Crippen LogP contribution in [0.5, 0.6) is 0 Å². The Bertz CT molecular complexity index is 1240. The van der Waals surface area contributed by atoms with Gasteiger partial charge in [-0.25, -0.2) is 9.59 Å². The lowest BCUT2D eigenvalue weighted by Crippen LogP contribution is -2.54. The lowest BCUT2D eigenvalue weighted by molar-refractivity contribution is -0.144. The maximum absolute atomic E-state index is 13.3. The quantitative estimate of drug-likeness (QED) is 0.266. The number of urea groups is 1. The molecule has 1 aliphatic heterocycles. The Morgan fingerprint density at radius 1 is 1.12 bits per heavy atom. The summed E-state index contributed by atoms with van der Waals surface area (Å²) in [5.74, 6) is -1.99. The third-order valence-electron chi connectivity index (χ3n) is 6.61. The Morgan fingerprint density at radius 2 is 1.90 bits per heavy atom. The van der Waals surface area contributed by atoms with Crippen LogP contribution in [0.3, 0.4) is 0 Å². The van der Waals surface area contributed by atoms with E-state index in [1.54, 1.807) is 19.9 Å². The monoisotopic (exact) mass is 554 g/mol. The molecular formula is C28H38N6O6. The highest BCUT2D eigenvalue weighted by molar-refractivity contribution is 5.91. The van der Waals surface area contributed by atoms with Crippen LogP contribution in [0, 0.1) is 5.92 Å². The maximum atomic E-state index is 13.3. The Morgan fingerprint density at radius 3 is 2.65 bits per heavy atom. The SMILES string of the molecule is COC(=O)[C@@H](NC(=O)NCC(=O)N[C@H]1CCCCNC(=O)/C=C\[C@H](Cc2c[nH]c3ccccc23)NC1=O)C(C)C. The third kappa shape index (κ3) is 8.85. The number of H-pyrrole nitrogens is 1. The highest BCUT2D eigenvalue weighted by Gasteiger charge is 2.26. The minimum Gasteiger partial charge on any atom is -0.467 e. The molecule has 0 radical (unpaired) electrons. The molecule has 0 unspecified atom stereocenters. The Hall–Kier alpha value is -4.35. The van der Waals surface area contributed by atoms with Crippen molar-refractivity contribution in [3.63, 3.8) is 0 Å². The van der Waals surface area contributed by atoms with Gasteiger partial charge in [-0.1, -0.05) is 38.1 Å². The van der Waals surface area contributed by atoms with Crippen molar-refractivity contribution in [1.29, 1.82) is 0 Å². The molecule has 0 fully saturated rings. The van der Waals surface area contributed by atoms with Crippen molar-refractivity contribution in [3.8, 4) is 0 Å². The number of methoxy groups -OCH3 is 1. The number of aromatic amines is 1. The van der Waals surface area contributed by atoms with E-state index in [-0.39, 0.29) is 17.7 Å². The predicted molar refractivity (Wildman–Crippen MR) is 149 cm³/mol. The molecule has 0 spiro atoms. The summed E-state index contributed by atoms with van der Waals surface area (Å²) >= 11 is 0. The first-order valence-corrected chi connectivity index (χ1v) is 13.4. The van der Waals surface area contributed by atoms with Gasteiger partial charge < -0.3 is 36.3 Å². The fraction of sp³-hybridized carbons (Fsp3) is 0.464. The van der Waals surface area contributed by atoms with Gasteiger partial charge in [0.25, 0.3) is 0 Å². The number of esters is 1. The zero-order chi connectivity index (χ0) is 29.1. The molecule has 3 atom stereocenters. The number of aromatic nitrogens is 1. The van der Waals surface area contributed by atoms with Crippen molar-refractivity contribution in [2.75, 3.05) is 20.2 Å². The summed E-state index contributed by atoms with van der Waals surface area (Å²) in [5, 5.41) is 14.4. The zero-order valence-corrected chi connectivity index (χ0v) is 23.0. The van der Waals surface area contributed by atoms with Crippen LogP contribution in [0.25, 0.3) is 10.9 Å². The van der Waals surface area contributed by atoms with Crippen LogP contribution in [-0.2, 0) is 30.3 Å². The molecule has 1 aromatic carbocycles. The summed E-state index contributed by atoms with van der Waals surface area (Å²) < 4.78 is 4.70. The van der Waals surface area contributed by atoms with Gasteiger partial charge >= 0.3 is 12.0 Å².